The maximum absolute atomic E-state index is 13.2. The van der Waals surface area contributed by atoms with Gasteiger partial charge < -0.3 is 4.98 Å². The van der Waals surface area contributed by atoms with Crippen molar-refractivity contribution in [3.05, 3.63) is 80.7 Å². The molecule has 0 amide bonds. The second-order valence-electron chi connectivity index (χ2n) is 5.58. The van der Waals surface area contributed by atoms with Gasteiger partial charge in [-0.05, 0) is 36.3 Å². The standard InChI is InChI=1S/C19H14N2OS2/c1-12-7-5-6-10-15(12)21-18(22)16-14(13-8-3-2-4-9-13)11-24-17(16)20-19(21)23/h2-11H,1H3,(H,20,23). The molecule has 5 heteroatoms. The summed E-state index contributed by atoms with van der Waals surface area (Å²) in [5.41, 5.74) is 3.71. The fraction of sp³-hybridized carbons (Fsp3) is 0.0526. The van der Waals surface area contributed by atoms with Crippen LogP contribution in [0, 0.1) is 11.7 Å². The minimum absolute atomic E-state index is 0.0804. The lowest BCUT2D eigenvalue weighted by atomic mass is 10.1. The van der Waals surface area contributed by atoms with Crippen molar-refractivity contribution in [1.82, 2.24) is 9.55 Å². The molecule has 118 valence electrons. The van der Waals surface area contributed by atoms with Crippen LogP contribution in [-0.4, -0.2) is 9.55 Å². The molecule has 3 nitrogen and oxygen atoms in total. The van der Waals surface area contributed by atoms with Gasteiger partial charge in [0.15, 0.2) is 4.77 Å². The number of aryl methyl sites for hydroxylation is 1. The highest BCUT2D eigenvalue weighted by Gasteiger charge is 2.15. The Labute approximate surface area is 147 Å². The summed E-state index contributed by atoms with van der Waals surface area (Å²) in [6, 6.07) is 17.7. The van der Waals surface area contributed by atoms with Gasteiger partial charge in [0.2, 0.25) is 0 Å². The van der Waals surface area contributed by atoms with Crippen molar-refractivity contribution in [3.8, 4) is 16.8 Å². The van der Waals surface area contributed by atoms with Crippen LogP contribution in [0.3, 0.4) is 0 Å². The van der Waals surface area contributed by atoms with Gasteiger partial charge in [-0.25, -0.2) is 0 Å². The van der Waals surface area contributed by atoms with E-state index in [4.69, 9.17) is 12.2 Å². The Bertz CT molecular complexity index is 1150. The lowest BCUT2D eigenvalue weighted by Gasteiger charge is -2.10. The molecule has 0 unspecified atom stereocenters. The van der Waals surface area contributed by atoms with Crippen LogP contribution in [0.5, 0.6) is 0 Å². The number of aromatic amines is 1. The summed E-state index contributed by atoms with van der Waals surface area (Å²) in [5, 5.41) is 2.69. The zero-order chi connectivity index (χ0) is 16.7. The van der Waals surface area contributed by atoms with E-state index in [-0.39, 0.29) is 5.56 Å². The quantitative estimate of drug-likeness (QED) is 0.512. The molecule has 0 aliphatic heterocycles. The average molecular weight is 350 g/mol. The van der Waals surface area contributed by atoms with E-state index in [1.54, 1.807) is 4.57 Å². The molecule has 0 aliphatic rings. The Balaban J connectivity index is 2.10. The summed E-state index contributed by atoms with van der Waals surface area (Å²) >= 11 is 6.96. The summed E-state index contributed by atoms with van der Waals surface area (Å²) in [5.74, 6) is 0. The summed E-state index contributed by atoms with van der Waals surface area (Å²) < 4.78 is 2.01. The summed E-state index contributed by atoms with van der Waals surface area (Å²) in [7, 11) is 0. The number of benzene rings is 2. The van der Waals surface area contributed by atoms with Gasteiger partial charge >= 0.3 is 0 Å². The molecular formula is C19H14N2OS2. The van der Waals surface area contributed by atoms with E-state index < -0.39 is 0 Å². The Kier molecular flexibility index (Phi) is 3.67. The van der Waals surface area contributed by atoms with Crippen molar-refractivity contribution in [2.45, 2.75) is 6.92 Å². The number of hydrogen-bond donors (Lipinski definition) is 1. The second kappa shape index (κ2) is 5.85. The topological polar surface area (TPSA) is 37.8 Å². The minimum atomic E-state index is -0.0804. The maximum atomic E-state index is 13.2. The fourth-order valence-electron chi connectivity index (χ4n) is 2.88. The molecule has 0 aliphatic carbocycles. The second-order valence-corrected chi connectivity index (χ2v) is 6.84. The molecule has 0 radical (unpaired) electrons. The van der Waals surface area contributed by atoms with Gasteiger partial charge in [0.05, 0.1) is 11.1 Å². The molecule has 2 heterocycles. The number of thiophene rings is 1. The first-order valence-electron chi connectivity index (χ1n) is 7.55. The lowest BCUT2D eigenvalue weighted by Crippen LogP contribution is -2.21. The van der Waals surface area contributed by atoms with Gasteiger partial charge in [0.1, 0.15) is 4.83 Å². The third-order valence-electron chi connectivity index (χ3n) is 4.07. The molecule has 0 saturated carbocycles. The molecule has 0 spiro atoms. The first-order chi connectivity index (χ1) is 11.7. The first kappa shape index (κ1) is 15.1. The fourth-order valence-corrected chi connectivity index (χ4v) is 4.19. The van der Waals surface area contributed by atoms with Gasteiger partial charge in [-0.15, -0.1) is 11.3 Å². The average Bonchev–Trinajstić information content (AvgIpc) is 3.01. The van der Waals surface area contributed by atoms with Crippen LogP contribution < -0.4 is 5.56 Å². The zero-order valence-corrected chi connectivity index (χ0v) is 14.6. The number of H-pyrrole nitrogens is 1. The van der Waals surface area contributed by atoms with Crippen molar-refractivity contribution in [2.75, 3.05) is 0 Å². The number of hydrogen-bond acceptors (Lipinski definition) is 3. The highest BCUT2D eigenvalue weighted by molar-refractivity contribution is 7.71. The van der Waals surface area contributed by atoms with Crippen molar-refractivity contribution in [1.29, 1.82) is 0 Å². The molecule has 0 saturated heterocycles. The Morgan fingerprint density at radius 1 is 1.04 bits per heavy atom. The molecule has 2 aromatic carbocycles. The lowest BCUT2D eigenvalue weighted by molar-refractivity contribution is 0.934. The largest absolute Gasteiger partial charge is 0.323 e. The van der Waals surface area contributed by atoms with Crippen molar-refractivity contribution >= 4 is 33.8 Å². The minimum Gasteiger partial charge on any atom is -0.323 e. The predicted octanol–water partition coefficient (Wildman–Crippen LogP) is 5.09. The highest BCUT2D eigenvalue weighted by Crippen LogP contribution is 2.31. The monoisotopic (exact) mass is 350 g/mol. The number of nitrogens with zero attached hydrogens (tertiary/aromatic N) is 1. The molecular weight excluding hydrogens is 336 g/mol. The van der Waals surface area contributed by atoms with Crippen LogP contribution in [-0.2, 0) is 0 Å². The van der Waals surface area contributed by atoms with E-state index in [0.717, 1.165) is 27.2 Å². The van der Waals surface area contributed by atoms with E-state index in [1.165, 1.54) is 11.3 Å². The maximum Gasteiger partial charge on any atom is 0.268 e. The van der Waals surface area contributed by atoms with E-state index in [2.05, 4.69) is 4.98 Å². The van der Waals surface area contributed by atoms with E-state index in [0.29, 0.717) is 10.2 Å². The number of aromatic nitrogens is 2. The summed E-state index contributed by atoms with van der Waals surface area (Å²) in [6.07, 6.45) is 0. The molecule has 0 fully saturated rings. The van der Waals surface area contributed by atoms with Crippen molar-refractivity contribution in [3.63, 3.8) is 0 Å². The Morgan fingerprint density at radius 3 is 2.50 bits per heavy atom. The Morgan fingerprint density at radius 2 is 1.75 bits per heavy atom. The summed E-state index contributed by atoms with van der Waals surface area (Å²) in [4.78, 5) is 17.3. The van der Waals surface area contributed by atoms with Gasteiger partial charge in [0.25, 0.3) is 5.56 Å². The highest BCUT2D eigenvalue weighted by atomic mass is 32.1. The van der Waals surface area contributed by atoms with E-state index in [1.807, 2.05) is 66.9 Å². The number of nitrogens with one attached hydrogen (secondary N) is 1. The first-order valence-corrected chi connectivity index (χ1v) is 8.83. The van der Waals surface area contributed by atoms with Crippen LogP contribution in [0.15, 0.2) is 64.8 Å². The van der Waals surface area contributed by atoms with Gasteiger partial charge in [0, 0.05) is 10.9 Å². The number of fused-ring (bicyclic) bond motifs is 1. The summed E-state index contributed by atoms with van der Waals surface area (Å²) in [6.45, 7) is 1.98. The number of rotatable bonds is 2. The molecule has 4 rings (SSSR count). The van der Waals surface area contributed by atoms with Crippen LogP contribution in [0.25, 0.3) is 27.0 Å². The predicted molar refractivity (Wildman–Crippen MR) is 103 cm³/mol. The molecule has 2 aromatic heterocycles. The third kappa shape index (κ3) is 2.33. The van der Waals surface area contributed by atoms with Gasteiger partial charge in [-0.3, -0.25) is 9.36 Å². The van der Waals surface area contributed by atoms with Gasteiger partial charge in [-0.1, -0.05) is 48.5 Å². The molecule has 0 atom stereocenters. The van der Waals surface area contributed by atoms with Crippen molar-refractivity contribution < 1.29 is 0 Å². The van der Waals surface area contributed by atoms with Crippen LogP contribution in [0.2, 0.25) is 0 Å². The van der Waals surface area contributed by atoms with E-state index >= 15 is 0 Å². The van der Waals surface area contributed by atoms with Gasteiger partial charge in [-0.2, -0.15) is 0 Å². The smallest absolute Gasteiger partial charge is 0.268 e. The normalized spacial score (nSPS) is 11.0. The molecule has 0 bridgehead atoms. The molecule has 1 N–H and O–H groups in total. The van der Waals surface area contributed by atoms with Crippen LogP contribution in [0.1, 0.15) is 5.56 Å². The van der Waals surface area contributed by atoms with E-state index in [9.17, 15) is 4.79 Å². The zero-order valence-electron chi connectivity index (χ0n) is 12.9. The third-order valence-corrected chi connectivity index (χ3v) is 5.25. The molecule has 24 heavy (non-hydrogen) atoms. The van der Waals surface area contributed by atoms with Crippen molar-refractivity contribution in [2.24, 2.45) is 0 Å². The number of para-hydroxylation sites is 1. The Hall–Kier alpha value is -2.50. The van der Waals surface area contributed by atoms with Crippen LogP contribution in [0.4, 0.5) is 0 Å². The SMILES string of the molecule is Cc1ccccc1-n1c(=S)[nH]c2scc(-c3ccccc3)c2c1=O. The van der Waals surface area contributed by atoms with Crippen LogP contribution >= 0.6 is 23.6 Å². The molecule has 4 aromatic rings.